The summed E-state index contributed by atoms with van der Waals surface area (Å²) in [5.41, 5.74) is 0. The summed E-state index contributed by atoms with van der Waals surface area (Å²) >= 11 is 0. The molecule has 2 unspecified atom stereocenters. The lowest BCUT2D eigenvalue weighted by atomic mass is 10.0. The molecule has 0 spiro atoms. The van der Waals surface area contributed by atoms with Crippen molar-refractivity contribution in [1.29, 1.82) is 0 Å². The number of unbranched alkanes of at least 4 members (excludes halogenated alkanes) is 23. The Labute approximate surface area is 546 Å². The SMILES string of the molecule is CC/C=C\C/C=C\C/C=C\C/C=C\C/C=C\C/C=C\C/C=C\C/C=C\C/C=C\C/C=C\C/C=C\C/C=C\CCCCCCC(=O)OC(COC(=O)CCCCCCCCCCCCC/C=C\CCCCCCCCCC)COC(OCC[N+](C)(C)C)C(=O)[O-]. The Morgan fingerprint density at radius 1 is 0.348 bits per heavy atom. The molecule has 9 heteroatoms. The van der Waals surface area contributed by atoms with Gasteiger partial charge in [0.25, 0.3) is 0 Å². The van der Waals surface area contributed by atoms with Crippen molar-refractivity contribution < 1.29 is 42.9 Å². The second-order valence-corrected chi connectivity index (χ2v) is 24.4. The van der Waals surface area contributed by atoms with E-state index < -0.39 is 24.3 Å². The number of rotatable bonds is 64. The van der Waals surface area contributed by atoms with Crippen LogP contribution in [0.1, 0.15) is 271 Å². The molecule has 89 heavy (non-hydrogen) atoms. The van der Waals surface area contributed by atoms with Crippen molar-refractivity contribution in [1.82, 2.24) is 0 Å². The molecule has 0 fully saturated rings. The number of carbonyl (C=O) groups is 3. The molecule has 0 aromatic heterocycles. The quantitative estimate of drug-likeness (QED) is 0.0195. The summed E-state index contributed by atoms with van der Waals surface area (Å²) in [7, 11) is 5.91. The molecule has 0 aliphatic carbocycles. The maximum Gasteiger partial charge on any atom is 0.306 e. The molecule has 0 rings (SSSR count). The smallest absolute Gasteiger partial charge is 0.306 e. The van der Waals surface area contributed by atoms with Gasteiger partial charge in [-0.25, -0.2) is 0 Å². The molecule has 0 saturated heterocycles. The number of quaternary nitrogens is 1. The number of carbonyl (C=O) groups excluding carboxylic acids is 3. The first-order valence-electron chi connectivity index (χ1n) is 35.6. The summed E-state index contributed by atoms with van der Waals surface area (Å²) in [5.74, 6) is -2.33. The Balaban J connectivity index is 4.23. The highest BCUT2D eigenvalue weighted by atomic mass is 16.7. The van der Waals surface area contributed by atoms with Crippen molar-refractivity contribution in [2.24, 2.45) is 0 Å². The summed E-state index contributed by atoms with van der Waals surface area (Å²) in [5, 5.41) is 11.8. The van der Waals surface area contributed by atoms with E-state index in [0.717, 1.165) is 122 Å². The van der Waals surface area contributed by atoms with Crippen LogP contribution < -0.4 is 5.11 Å². The van der Waals surface area contributed by atoms with Gasteiger partial charge in [-0.1, -0.05) is 287 Å². The fourth-order valence-electron chi connectivity index (χ4n) is 9.34. The number of esters is 2. The van der Waals surface area contributed by atoms with Crippen LogP contribution in [0.4, 0.5) is 0 Å². The Hall–Kier alpha value is -5.09. The van der Waals surface area contributed by atoms with Crippen molar-refractivity contribution >= 4 is 17.9 Å². The lowest BCUT2D eigenvalue weighted by molar-refractivity contribution is -0.870. The first-order valence-corrected chi connectivity index (χ1v) is 35.6. The van der Waals surface area contributed by atoms with Gasteiger partial charge >= 0.3 is 11.9 Å². The molecule has 504 valence electrons. The third kappa shape index (κ3) is 70.2. The van der Waals surface area contributed by atoms with E-state index in [4.69, 9.17) is 18.9 Å². The predicted molar refractivity (Wildman–Crippen MR) is 379 cm³/mol. The zero-order valence-electron chi connectivity index (χ0n) is 57.5. The van der Waals surface area contributed by atoms with Crippen molar-refractivity contribution in [3.8, 4) is 0 Å². The van der Waals surface area contributed by atoms with E-state index in [-0.39, 0.29) is 38.6 Å². The average Bonchev–Trinajstić information content (AvgIpc) is 3.64. The predicted octanol–water partition coefficient (Wildman–Crippen LogP) is 21.1. The minimum Gasteiger partial charge on any atom is -0.545 e. The number of aliphatic carboxylic acids is 1. The zero-order valence-corrected chi connectivity index (χ0v) is 57.5. The molecule has 0 aliphatic rings. The second-order valence-electron chi connectivity index (χ2n) is 24.4. The Morgan fingerprint density at radius 2 is 0.640 bits per heavy atom. The molecule has 0 N–H and O–H groups in total. The van der Waals surface area contributed by atoms with Crippen LogP contribution in [0.2, 0.25) is 0 Å². The van der Waals surface area contributed by atoms with E-state index in [0.29, 0.717) is 17.4 Å². The maximum absolute atomic E-state index is 12.9. The van der Waals surface area contributed by atoms with Gasteiger partial charge in [-0.15, -0.1) is 0 Å². The summed E-state index contributed by atoms with van der Waals surface area (Å²) in [6.45, 7) is 4.60. The summed E-state index contributed by atoms with van der Waals surface area (Å²) in [6, 6.07) is 0. The van der Waals surface area contributed by atoms with E-state index >= 15 is 0 Å². The zero-order chi connectivity index (χ0) is 64.7. The van der Waals surface area contributed by atoms with Crippen molar-refractivity contribution in [3.05, 3.63) is 158 Å². The molecular weight excluding hydrogens is 1100 g/mol. The fraction of sp³-hybridized carbons (Fsp3) is 0.637. The largest absolute Gasteiger partial charge is 0.545 e. The highest BCUT2D eigenvalue weighted by molar-refractivity contribution is 5.70. The summed E-state index contributed by atoms with van der Waals surface area (Å²) in [6.07, 6.45) is 98.9. The first-order chi connectivity index (χ1) is 43.6. The van der Waals surface area contributed by atoms with Crippen LogP contribution in [-0.2, 0) is 33.3 Å². The molecular formula is C80H131NO8. The van der Waals surface area contributed by atoms with E-state index in [1.807, 2.05) is 21.1 Å². The van der Waals surface area contributed by atoms with Gasteiger partial charge in [0.1, 0.15) is 13.2 Å². The molecule has 0 aromatic carbocycles. The monoisotopic (exact) mass is 1230 g/mol. The van der Waals surface area contributed by atoms with Crippen molar-refractivity contribution in [2.75, 3.05) is 47.5 Å². The molecule has 0 radical (unpaired) electrons. The van der Waals surface area contributed by atoms with Gasteiger partial charge in [0.2, 0.25) is 0 Å². The van der Waals surface area contributed by atoms with Gasteiger partial charge < -0.3 is 33.3 Å². The minimum atomic E-state index is -1.64. The van der Waals surface area contributed by atoms with E-state index in [1.165, 1.54) is 116 Å². The molecule has 2 atom stereocenters. The topological polar surface area (TPSA) is 111 Å². The Bertz CT molecular complexity index is 2020. The van der Waals surface area contributed by atoms with Crippen LogP contribution in [0.3, 0.4) is 0 Å². The van der Waals surface area contributed by atoms with Gasteiger partial charge in [-0.2, -0.15) is 0 Å². The number of carboxylic acid groups (broad SMARTS) is 1. The second kappa shape index (κ2) is 68.8. The number of hydrogen-bond acceptors (Lipinski definition) is 8. The molecule has 0 aliphatic heterocycles. The van der Waals surface area contributed by atoms with E-state index in [2.05, 4.69) is 172 Å². The van der Waals surface area contributed by atoms with Gasteiger partial charge in [-0.3, -0.25) is 9.59 Å². The number of nitrogens with zero attached hydrogens (tertiary/aromatic N) is 1. The highest BCUT2D eigenvalue weighted by Crippen LogP contribution is 2.16. The van der Waals surface area contributed by atoms with Crippen molar-refractivity contribution in [3.63, 3.8) is 0 Å². The molecule has 0 saturated carbocycles. The summed E-state index contributed by atoms with van der Waals surface area (Å²) in [4.78, 5) is 37.5. The summed E-state index contributed by atoms with van der Waals surface area (Å²) < 4.78 is 22.7. The van der Waals surface area contributed by atoms with Crippen LogP contribution in [0.5, 0.6) is 0 Å². The van der Waals surface area contributed by atoms with Gasteiger partial charge in [0.15, 0.2) is 12.4 Å². The van der Waals surface area contributed by atoms with E-state index in [1.54, 1.807) is 0 Å². The number of carboxylic acids is 1. The molecule has 0 aromatic rings. The van der Waals surface area contributed by atoms with Crippen LogP contribution in [0.25, 0.3) is 0 Å². The van der Waals surface area contributed by atoms with Crippen LogP contribution in [0.15, 0.2) is 158 Å². The standard InChI is InChI=1S/C80H131NO8/c1-6-8-10-12-14-16-18-20-22-24-26-28-30-31-32-33-34-35-36-37-38-39-40-41-42-43-44-45-46-47-49-51-53-55-57-59-61-63-65-67-69-71-78(83)89-76(75-88-80(79(84)85)86-73-72-81(3,4)5)74-87-77(82)70-68-66-64-62-60-58-56-54-52-50-48-29-27-25-23-21-19-17-15-13-11-9-7-2/h8,10,14,16,20,22,25-28,31-32,34-35,37-38,40-41,43-44,46-47,51,53,57,59,76,80H,6-7,9,11-13,15,17-19,21,23-24,29-30,33,36,39,42,45,48-50,52,54-56,58,60-75H2,1-5H3/b10-8-,16-14-,22-20-,27-25-,28-26-,32-31-,35-34-,38-37-,41-40-,44-43-,47-46-,53-51-,59-57-. The average molecular weight is 1230 g/mol. The van der Waals surface area contributed by atoms with Crippen LogP contribution in [-0.4, -0.2) is 82.3 Å². The van der Waals surface area contributed by atoms with Crippen molar-refractivity contribution in [2.45, 2.75) is 283 Å². The maximum atomic E-state index is 12.9. The van der Waals surface area contributed by atoms with Crippen LogP contribution in [0, 0.1) is 0 Å². The Morgan fingerprint density at radius 3 is 0.966 bits per heavy atom. The highest BCUT2D eigenvalue weighted by Gasteiger charge is 2.22. The minimum absolute atomic E-state index is 0.135. The van der Waals surface area contributed by atoms with E-state index in [9.17, 15) is 19.5 Å². The first kappa shape index (κ1) is 83.9. The third-order valence-electron chi connectivity index (χ3n) is 14.8. The normalized spacial score (nSPS) is 13.7. The van der Waals surface area contributed by atoms with Gasteiger partial charge in [-0.05, 0) is 128 Å². The number of allylic oxidation sites excluding steroid dienone is 26. The fourth-order valence-corrected chi connectivity index (χ4v) is 9.34. The van der Waals surface area contributed by atoms with Gasteiger partial charge in [0.05, 0.1) is 40.3 Å². The molecule has 0 bridgehead atoms. The lowest BCUT2D eigenvalue weighted by Gasteiger charge is -2.26. The van der Waals surface area contributed by atoms with Gasteiger partial charge in [0, 0.05) is 12.8 Å². The molecule has 0 amide bonds. The Kier molecular flexibility index (Phi) is 64.9. The molecule has 9 nitrogen and oxygen atoms in total. The number of hydrogen-bond donors (Lipinski definition) is 0. The lowest BCUT2D eigenvalue weighted by Crippen LogP contribution is -2.44. The number of likely N-dealkylation sites (N-methyl/N-ethyl adjacent to an activating group) is 1. The third-order valence-corrected chi connectivity index (χ3v) is 14.8. The van der Waals surface area contributed by atoms with Crippen LogP contribution >= 0.6 is 0 Å². The molecule has 0 heterocycles. The number of ether oxygens (including phenoxy) is 4.